The van der Waals surface area contributed by atoms with Crippen molar-refractivity contribution in [2.24, 2.45) is 5.92 Å². The lowest BCUT2D eigenvalue weighted by Crippen LogP contribution is -2.29. The summed E-state index contributed by atoms with van der Waals surface area (Å²) in [4.78, 5) is 10.9. The average molecular weight is 289 g/mol. The first kappa shape index (κ1) is 11.4. The predicted molar refractivity (Wildman–Crippen MR) is 58.9 cm³/mol. The number of carbonyl (C=O) groups is 1. The highest BCUT2D eigenvalue weighted by molar-refractivity contribution is 9.10. The molecular formula is C11H10BrFO3. The van der Waals surface area contributed by atoms with Crippen LogP contribution in [0.15, 0.2) is 22.7 Å². The maximum absolute atomic E-state index is 13.4. The van der Waals surface area contributed by atoms with Crippen LogP contribution in [0.2, 0.25) is 0 Å². The summed E-state index contributed by atoms with van der Waals surface area (Å²) in [6, 6.07) is 4.29. The number of ether oxygens (including phenoxy) is 1. The molecule has 86 valence electrons. The fraction of sp³-hybridized carbons (Fsp3) is 0.364. The van der Waals surface area contributed by atoms with Gasteiger partial charge in [0.1, 0.15) is 0 Å². The summed E-state index contributed by atoms with van der Waals surface area (Å²) < 4.78 is 19.2. The molecule has 1 aliphatic carbocycles. The van der Waals surface area contributed by atoms with Crippen molar-refractivity contribution in [1.82, 2.24) is 0 Å². The van der Waals surface area contributed by atoms with Gasteiger partial charge in [-0.1, -0.05) is 15.9 Å². The fourth-order valence-electron chi connectivity index (χ4n) is 1.45. The molecule has 1 aliphatic rings. The minimum atomic E-state index is -1.04. The highest BCUT2D eigenvalue weighted by Crippen LogP contribution is 2.35. The quantitative estimate of drug-likeness (QED) is 0.927. The fourth-order valence-corrected chi connectivity index (χ4v) is 1.79. The normalized spacial score (nSPS) is 16.9. The zero-order chi connectivity index (χ0) is 11.7. The van der Waals surface area contributed by atoms with Gasteiger partial charge in [0.2, 0.25) is 0 Å². The highest BCUT2D eigenvalue weighted by Gasteiger charge is 2.38. The smallest absolute Gasteiger partial charge is 0.345 e. The molecule has 0 bridgehead atoms. The third kappa shape index (κ3) is 2.52. The van der Waals surface area contributed by atoms with Crippen LogP contribution in [0.1, 0.15) is 12.8 Å². The van der Waals surface area contributed by atoms with Crippen molar-refractivity contribution < 1.29 is 19.0 Å². The van der Waals surface area contributed by atoms with E-state index in [-0.39, 0.29) is 11.7 Å². The zero-order valence-corrected chi connectivity index (χ0v) is 9.91. The van der Waals surface area contributed by atoms with Gasteiger partial charge < -0.3 is 9.84 Å². The van der Waals surface area contributed by atoms with Crippen LogP contribution in [-0.4, -0.2) is 17.2 Å². The van der Waals surface area contributed by atoms with E-state index in [9.17, 15) is 9.18 Å². The number of carboxylic acids is 1. The third-order valence-electron chi connectivity index (χ3n) is 2.44. The molecule has 0 spiro atoms. The van der Waals surface area contributed by atoms with Gasteiger partial charge in [0.15, 0.2) is 17.7 Å². The molecule has 0 aliphatic heterocycles. The topological polar surface area (TPSA) is 46.5 Å². The number of rotatable bonds is 4. The van der Waals surface area contributed by atoms with Crippen LogP contribution in [0.4, 0.5) is 4.39 Å². The van der Waals surface area contributed by atoms with E-state index in [1.165, 1.54) is 12.1 Å². The minimum absolute atomic E-state index is 0.0116. The molecule has 2 rings (SSSR count). The molecule has 0 radical (unpaired) electrons. The molecule has 0 heterocycles. The molecular weight excluding hydrogens is 279 g/mol. The Morgan fingerprint density at radius 3 is 2.75 bits per heavy atom. The van der Waals surface area contributed by atoms with E-state index in [1.54, 1.807) is 6.07 Å². The van der Waals surface area contributed by atoms with Crippen LogP contribution in [0, 0.1) is 11.7 Å². The van der Waals surface area contributed by atoms with Crippen LogP contribution in [0.3, 0.4) is 0 Å². The minimum Gasteiger partial charge on any atom is -0.478 e. The third-order valence-corrected chi connectivity index (χ3v) is 2.93. The summed E-state index contributed by atoms with van der Waals surface area (Å²) in [5.41, 5.74) is 0. The molecule has 0 unspecified atom stereocenters. The van der Waals surface area contributed by atoms with E-state index in [0.717, 1.165) is 12.8 Å². The maximum atomic E-state index is 13.4. The second-order valence-corrected chi connectivity index (χ2v) is 4.70. The summed E-state index contributed by atoms with van der Waals surface area (Å²) in [6.07, 6.45) is 0.722. The summed E-state index contributed by atoms with van der Waals surface area (Å²) in [7, 11) is 0. The Morgan fingerprint density at radius 1 is 1.56 bits per heavy atom. The Kier molecular flexibility index (Phi) is 3.14. The van der Waals surface area contributed by atoms with E-state index in [1.807, 2.05) is 0 Å². The summed E-state index contributed by atoms with van der Waals surface area (Å²) in [6.45, 7) is 0. The molecule has 1 saturated carbocycles. The first-order valence-corrected chi connectivity index (χ1v) is 5.72. The number of carboxylic acid groups (broad SMARTS) is 1. The van der Waals surface area contributed by atoms with Crippen molar-refractivity contribution >= 4 is 21.9 Å². The van der Waals surface area contributed by atoms with Gasteiger partial charge in [-0.05, 0) is 31.0 Å². The SMILES string of the molecule is O=C(O)[C@@H](Oc1ccc(Br)cc1F)C1CC1. The molecule has 3 nitrogen and oxygen atoms in total. The predicted octanol–water partition coefficient (Wildman–Crippen LogP) is 2.83. The van der Waals surface area contributed by atoms with Crippen LogP contribution in [0.25, 0.3) is 0 Å². The number of halogens is 2. The van der Waals surface area contributed by atoms with Gasteiger partial charge in [-0.15, -0.1) is 0 Å². The first-order valence-electron chi connectivity index (χ1n) is 4.92. The van der Waals surface area contributed by atoms with Crippen molar-refractivity contribution in [2.45, 2.75) is 18.9 Å². The molecule has 0 aromatic heterocycles. The van der Waals surface area contributed by atoms with Gasteiger partial charge in [-0.3, -0.25) is 0 Å². The van der Waals surface area contributed by atoms with E-state index in [2.05, 4.69) is 15.9 Å². The first-order chi connectivity index (χ1) is 7.58. The Hall–Kier alpha value is -1.10. The molecule has 16 heavy (non-hydrogen) atoms. The monoisotopic (exact) mass is 288 g/mol. The van der Waals surface area contributed by atoms with E-state index < -0.39 is 17.9 Å². The van der Waals surface area contributed by atoms with Crippen molar-refractivity contribution in [3.05, 3.63) is 28.5 Å². The van der Waals surface area contributed by atoms with Gasteiger partial charge in [0.05, 0.1) is 0 Å². The van der Waals surface area contributed by atoms with E-state index in [4.69, 9.17) is 9.84 Å². The lowest BCUT2D eigenvalue weighted by Gasteiger charge is -2.14. The van der Waals surface area contributed by atoms with Gasteiger partial charge >= 0.3 is 5.97 Å². The Balaban J connectivity index is 2.15. The summed E-state index contributed by atoms with van der Waals surface area (Å²) >= 11 is 3.12. The molecule has 1 fully saturated rings. The number of benzene rings is 1. The molecule has 5 heteroatoms. The van der Waals surface area contributed by atoms with E-state index in [0.29, 0.717) is 4.47 Å². The Labute approximate surface area is 100 Å². The van der Waals surface area contributed by atoms with Gasteiger partial charge in [-0.25, -0.2) is 9.18 Å². The van der Waals surface area contributed by atoms with Gasteiger partial charge in [-0.2, -0.15) is 0 Å². The van der Waals surface area contributed by atoms with Crippen LogP contribution in [0.5, 0.6) is 5.75 Å². The zero-order valence-electron chi connectivity index (χ0n) is 8.32. The maximum Gasteiger partial charge on any atom is 0.345 e. The van der Waals surface area contributed by atoms with Crippen molar-refractivity contribution in [2.75, 3.05) is 0 Å². The summed E-state index contributed by atoms with van der Waals surface area (Å²) in [5, 5.41) is 8.93. The Bertz CT molecular complexity index is 418. The van der Waals surface area contributed by atoms with Crippen molar-refractivity contribution in [3.8, 4) is 5.75 Å². The molecule has 1 N–H and O–H groups in total. The summed E-state index contributed by atoms with van der Waals surface area (Å²) in [5.74, 6) is -1.59. The van der Waals surface area contributed by atoms with Crippen molar-refractivity contribution in [1.29, 1.82) is 0 Å². The second kappa shape index (κ2) is 4.41. The van der Waals surface area contributed by atoms with Gasteiger partial charge in [0.25, 0.3) is 0 Å². The number of hydrogen-bond acceptors (Lipinski definition) is 2. The van der Waals surface area contributed by atoms with E-state index >= 15 is 0 Å². The van der Waals surface area contributed by atoms with Crippen LogP contribution >= 0.6 is 15.9 Å². The van der Waals surface area contributed by atoms with Crippen molar-refractivity contribution in [3.63, 3.8) is 0 Å². The molecule has 0 saturated heterocycles. The lowest BCUT2D eigenvalue weighted by molar-refractivity contribution is -0.146. The standard InChI is InChI=1S/C11H10BrFO3/c12-7-3-4-9(8(13)5-7)16-10(11(14)15)6-1-2-6/h3-6,10H,1-2H2,(H,14,15)/t10-/m0/s1. The van der Waals surface area contributed by atoms with Crippen LogP contribution in [-0.2, 0) is 4.79 Å². The molecule has 1 aromatic carbocycles. The molecule has 0 amide bonds. The molecule has 1 atom stereocenters. The highest BCUT2D eigenvalue weighted by atomic mass is 79.9. The largest absolute Gasteiger partial charge is 0.478 e. The lowest BCUT2D eigenvalue weighted by atomic mass is 10.2. The average Bonchev–Trinajstić information content (AvgIpc) is 2.99. The number of hydrogen-bond donors (Lipinski definition) is 1. The van der Waals surface area contributed by atoms with Gasteiger partial charge in [0, 0.05) is 10.4 Å². The Morgan fingerprint density at radius 2 is 2.25 bits per heavy atom. The number of aliphatic carboxylic acids is 1. The second-order valence-electron chi connectivity index (χ2n) is 3.79. The van der Waals surface area contributed by atoms with Crippen LogP contribution < -0.4 is 4.74 Å². The molecule has 1 aromatic rings.